The Morgan fingerprint density at radius 2 is 1.68 bits per heavy atom. The smallest absolute Gasteiger partial charge is 0.320 e. The second kappa shape index (κ2) is 14.2. The van der Waals surface area contributed by atoms with Crippen molar-refractivity contribution in [1.29, 1.82) is 0 Å². The van der Waals surface area contributed by atoms with E-state index in [1.807, 2.05) is 0 Å². The third kappa shape index (κ3) is 10.3. The number of nitrogens with one attached hydrogen (secondary N) is 1. The molecule has 0 saturated carbocycles. The minimum absolute atomic E-state index is 0.240. The first-order valence-electron chi connectivity index (χ1n) is 11.6. The van der Waals surface area contributed by atoms with Crippen LogP contribution in [0, 0.1) is 11.8 Å². The van der Waals surface area contributed by atoms with Gasteiger partial charge in [0.2, 0.25) is 0 Å². The molecule has 0 saturated heterocycles. The lowest BCUT2D eigenvalue weighted by molar-refractivity contribution is -0.146. The zero-order valence-electron chi connectivity index (χ0n) is 19.9. The van der Waals surface area contributed by atoms with E-state index in [-0.39, 0.29) is 6.54 Å². The van der Waals surface area contributed by atoms with Crippen LogP contribution in [0.5, 0.6) is 0 Å². The number of carbonyl (C=O) groups is 2. The van der Waals surface area contributed by atoms with Gasteiger partial charge in [0.15, 0.2) is 0 Å². The van der Waals surface area contributed by atoms with E-state index in [4.69, 9.17) is 5.11 Å². The molecule has 0 aliphatic heterocycles. The number of likely N-dealkylation sites (N-methyl/N-ethyl adjacent to an activating group) is 1. The molecule has 2 atom stereocenters. The zero-order chi connectivity index (χ0) is 23.4. The molecule has 0 heterocycles. The number of carboxylic acids is 2. The molecule has 0 aromatic heterocycles. The van der Waals surface area contributed by atoms with Crippen molar-refractivity contribution in [2.45, 2.75) is 78.8 Å². The van der Waals surface area contributed by atoms with Crippen LogP contribution >= 0.6 is 0 Å². The summed E-state index contributed by atoms with van der Waals surface area (Å²) in [6.45, 7) is 12.7. The maximum atomic E-state index is 11.5. The molecular weight excluding hydrogens is 392 g/mol. The van der Waals surface area contributed by atoms with Crippen LogP contribution < -0.4 is 5.32 Å². The number of carboxylic acid groups (broad SMARTS) is 2. The van der Waals surface area contributed by atoms with Crippen LogP contribution in [0.2, 0.25) is 0 Å². The van der Waals surface area contributed by atoms with E-state index in [1.165, 1.54) is 22.4 Å². The van der Waals surface area contributed by atoms with Gasteiger partial charge in [-0.15, -0.1) is 0 Å². The number of benzene rings is 1. The predicted molar refractivity (Wildman–Crippen MR) is 125 cm³/mol. The highest BCUT2D eigenvalue weighted by molar-refractivity contribution is 5.75. The van der Waals surface area contributed by atoms with E-state index in [0.29, 0.717) is 30.7 Å². The summed E-state index contributed by atoms with van der Waals surface area (Å²) in [6.07, 6.45) is 3.26. The summed E-state index contributed by atoms with van der Waals surface area (Å²) in [5.74, 6) is -0.0471. The van der Waals surface area contributed by atoms with Crippen molar-refractivity contribution in [3.8, 4) is 0 Å². The van der Waals surface area contributed by atoms with Crippen LogP contribution in [0.4, 0.5) is 0 Å². The molecule has 1 rings (SSSR count). The van der Waals surface area contributed by atoms with Gasteiger partial charge in [-0.3, -0.25) is 14.5 Å². The van der Waals surface area contributed by atoms with Crippen molar-refractivity contribution in [2.24, 2.45) is 11.8 Å². The topological polar surface area (TPSA) is 89.9 Å². The highest BCUT2D eigenvalue weighted by atomic mass is 16.4. The number of hydrogen-bond donors (Lipinski definition) is 3. The Labute approximate surface area is 188 Å². The van der Waals surface area contributed by atoms with Crippen molar-refractivity contribution in [3.05, 3.63) is 35.4 Å². The summed E-state index contributed by atoms with van der Waals surface area (Å²) in [4.78, 5) is 24.0. The average molecular weight is 435 g/mol. The molecule has 0 fully saturated rings. The van der Waals surface area contributed by atoms with Crippen molar-refractivity contribution in [3.63, 3.8) is 0 Å². The van der Waals surface area contributed by atoms with E-state index in [0.717, 1.165) is 25.9 Å². The molecule has 176 valence electrons. The minimum atomic E-state index is -0.996. The van der Waals surface area contributed by atoms with E-state index in [2.05, 4.69) is 57.3 Å². The highest BCUT2D eigenvalue weighted by Crippen LogP contribution is 2.31. The summed E-state index contributed by atoms with van der Waals surface area (Å²) < 4.78 is 0. The fraction of sp³-hybridized carbons (Fsp3) is 0.680. The molecule has 0 aliphatic carbocycles. The maximum Gasteiger partial charge on any atom is 0.320 e. The quantitative estimate of drug-likeness (QED) is 0.330. The third-order valence-corrected chi connectivity index (χ3v) is 5.82. The highest BCUT2D eigenvalue weighted by Gasteiger charge is 2.25. The van der Waals surface area contributed by atoms with Crippen molar-refractivity contribution in [2.75, 3.05) is 19.6 Å². The predicted octanol–water partition coefficient (Wildman–Crippen LogP) is 4.59. The monoisotopic (exact) mass is 434 g/mol. The Kier molecular flexibility index (Phi) is 12.4. The van der Waals surface area contributed by atoms with Crippen LogP contribution in [0.1, 0.15) is 77.3 Å². The molecule has 31 heavy (non-hydrogen) atoms. The standard InChI is InChI=1S/C25H42N2O4/c1-6-27(17-24(28)29)23(25(30)31)9-7-8-14-26-16-20-10-12-21(13-11-20)22(19(4)5)15-18(2)3/h10-13,18-19,22-23,26H,6-9,14-17H2,1-5H3,(H,28,29)(H,30,31). The molecule has 0 amide bonds. The lowest BCUT2D eigenvalue weighted by Crippen LogP contribution is -2.43. The SMILES string of the molecule is CCN(CC(=O)O)C(CCCCNCc1ccc(C(CC(C)C)C(C)C)cc1)C(=O)O. The van der Waals surface area contributed by atoms with Crippen molar-refractivity contribution in [1.82, 2.24) is 10.2 Å². The molecule has 6 nitrogen and oxygen atoms in total. The second-order valence-corrected chi connectivity index (χ2v) is 9.21. The third-order valence-electron chi connectivity index (χ3n) is 5.82. The molecule has 6 heteroatoms. The van der Waals surface area contributed by atoms with Crippen LogP contribution in [-0.4, -0.2) is 52.7 Å². The molecule has 1 aromatic carbocycles. The average Bonchev–Trinajstić information content (AvgIpc) is 2.70. The van der Waals surface area contributed by atoms with Gasteiger partial charge >= 0.3 is 11.9 Å². The Balaban J connectivity index is 2.42. The van der Waals surface area contributed by atoms with Gasteiger partial charge < -0.3 is 15.5 Å². The summed E-state index contributed by atoms with van der Waals surface area (Å²) >= 11 is 0. The Morgan fingerprint density at radius 1 is 1.03 bits per heavy atom. The van der Waals surface area contributed by atoms with Crippen molar-refractivity contribution >= 4 is 11.9 Å². The van der Waals surface area contributed by atoms with Gasteiger partial charge in [-0.1, -0.05) is 65.3 Å². The first-order valence-corrected chi connectivity index (χ1v) is 11.6. The fourth-order valence-corrected chi connectivity index (χ4v) is 4.08. The van der Waals surface area contributed by atoms with Crippen LogP contribution in [-0.2, 0) is 16.1 Å². The van der Waals surface area contributed by atoms with Gasteiger partial charge in [-0.2, -0.15) is 0 Å². The number of hydrogen-bond acceptors (Lipinski definition) is 4. The number of rotatable bonds is 16. The van der Waals surface area contributed by atoms with Gasteiger partial charge in [0.25, 0.3) is 0 Å². The maximum absolute atomic E-state index is 11.5. The number of nitrogens with zero attached hydrogens (tertiary/aromatic N) is 1. The van der Waals surface area contributed by atoms with Gasteiger partial charge in [-0.05, 0) is 61.2 Å². The summed E-state index contributed by atoms with van der Waals surface area (Å²) in [5, 5.41) is 21.8. The van der Waals surface area contributed by atoms with Gasteiger partial charge in [0.1, 0.15) is 6.04 Å². The molecule has 0 spiro atoms. The number of aliphatic carboxylic acids is 2. The van der Waals surface area contributed by atoms with E-state index in [9.17, 15) is 14.7 Å². The molecule has 0 bridgehead atoms. The normalized spacial score (nSPS) is 13.7. The molecular formula is C25H42N2O4. The Bertz CT molecular complexity index is 658. The number of unbranched alkanes of at least 4 members (excludes halogenated alkanes) is 1. The van der Waals surface area contributed by atoms with Crippen LogP contribution in [0.15, 0.2) is 24.3 Å². The second-order valence-electron chi connectivity index (χ2n) is 9.21. The summed E-state index contributed by atoms with van der Waals surface area (Å²) in [6, 6.07) is 8.16. The van der Waals surface area contributed by atoms with Gasteiger partial charge in [0, 0.05) is 6.54 Å². The lowest BCUT2D eigenvalue weighted by Gasteiger charge is -2.25. The lowest BCUT2D eigenvalue weighted by atomic mass is 9.82. The Hall–Kier alpha value is -1.92. The minimum Gasteiger partial charge on any atom is -0.480 e. The molecule has 0 aliphatic rings. The molecule has 0 radical (unpaired) electrons. The summed E-state index contributed by atoms with van der Waals surface area (Å²) in [7, 11) is 0. The molecule has 2 unspecified atom stereocenters. The van der Waals surface area contributed by atoms with Gasteiger partial charge in [0.05, 0.1) is 6.54 Å². The van der Waals surface area contributed by atoms with Crippen LogP contribution in [0.25, 0.3) is 0 Å². The fourth-order valence-electron chi connectivity index (χ4n) is 4.08. The molecule has 1 aromatic rings. The first-order chi connectivity index (χ1) is 14.6. The summed E-state index contributed by atoms with van der Waals surface area (Å²) in [5.41, 5.74) is 2.66. The van der Waals surface area contributed by atoms with E-state index >= 15 is 0 Å². The van der Waals surface area contributed by atoms with E-state index in [1.54, 1.807) is 6.92 Å². The van der Waals surface area contributed by atoms with Crippen molar-refractivity contribution < 1.29 is 19.8 Å². The van der Waals surface area contributed by atoms with Gasteiger partial charge in [-0.25, -0.2) is 0 Å². The molecule has 3 N–H and O–H groups in total. The first kappa shape index (κ1) is 27.1. The largest absolute Gasteiger partial charge is 0.480 e. The van der Waals surface area contributed by atoms with E-state index < -0.39 is 18.0 Å². The Morgan fingerprint density at radius 3 is 2.16 bits per heavy atom. The van der Waals surface area contributed by atoms with Crippen LogP contribution in [0.3, 0.4) is 0 Å². The zero-order valence-corrected chi connectivity index (χ0v) is 19.9.